The molecule has 0 aliphatic rings. The van der Waals surface area contributed by atoms with Crippen molar-refractivity contribution in [2.75, 3.05) is 18.5 Å². The molecule has 0 N–H and O–H groups in total. The zero-order valence-corrected chi connectivity index (χ0v) is 12.4. The van der Waals surface area contributed by atoms with Crippen LogP contribution in [0.15, 0.2) is 53.7 Å². The predicted molar refractivity (Wildman–Crippen MR) is 77.6 cm³/mol. The molecule has 0 amide bonds. The first kappa shape index (κ1) is 15.0. The van der Waals surface area contributed by atoms with Gasteiger partial charge in [0.2, 0.25) is 0 Å². The molecule has 0 fully saturated rings. The predicted octanol–water partition coefficient (Wildman–Crippen LogP) is 1.69. The number of ether oxygens (including phenoxy) is 1. The second-order valence-corrected chi connectivity index (χ2v) is 6.10. The van der Waals surface area contributed by atoms with Gasteiger partial charge < -0.3 is 4.74 Å². The molecule has 0 radical (unpaired) electrons. The van der Waals surface area contributed by atoms with Gasteiger partial charge in [0, 0.05) is 19.4 Å². The van der Waals surface area contributed by atoms with Crippen molar-refractivity contribution in [3.63, 3.8) is 0 Å². The Labute approximate surface area is 123 Å². The van der Waals surface area contributed by atoms with Gasteiger partial charge in [0.25, 0.3) is 10.0 Å². The van der Waals surface area contributed by atoms with Crippen molar-refractivity contribution in [2.24, 2.45) is 0 Å². The number of methoxy groups -OCH3 is 1. The van der Waals surface area contributed by atoms with E-state index in [-0.39, 0.29) is 10.5 Å². The maximum Gasteiger partial charge on any atom is 0.339 e. The topological polar surface area (TPSA) is 76.6 Å². The van der Waals surface area contributed by atoms with Crippen LogP contribution in [0, 0.1) is 0 Å². The Hall–Kier alpha value is -2.41. The summed E-state index contributed by atoms with van der Waals surface area (Å²) in [5.74, 6) is -0.697. The Morgan fingerprint density at radius 1 is 1.14 bits per heavy atom. The van der Waals surface area contributed by atoms with Gasteiger partial charge in [0.1, 0.15) is 4.90 Å². The van der Waals surface area contributed by atoms with Crippen LogP contribution in [0.5, 0.6) is 0 Å². The van der Waals surface area contributed by atoms with Crippen LogP contribution in [-0.4, -0.2) is 33.5 Å². The molecule has 0 unspecified atom stereocenters. The molecule has 6 nitrogen and oxygen atoms in total. The van der Waals surface area contributed by atoms with Gasteiger partial charge in [-0.05, 0) is 24.3 Å². The van der Waals surface area contributed by atoms with E-state index in [0.717, 1.165) is 4.31 Å². The second kappa shape index (κ2) is 5.92. The van der Waals surface area contributed by atoms with E-state index in [1.165, 1.54) is 38.7 Å². The number of hydrogen-bond acceptors (Lipinski definition) is 5. The van der Waals surface area contributed by atoms with Crippen LogP contribution in [-0.2, 0) is 14.8 Å². The molecule has 2 aromatic rings. The van der Waals surface area contributed by atoms with Gasteiger partial charge in [0.05, 0.1) is 18.4 Å². The summed E-state index contributed by atoms with van der Waals surface area (Å²) in [6.07, 6.45) is 2.99. The molecule has 2 rings (SSSR count). The van der Waals surface area contributed by atoms with E-state index >= 15 is 0 Å². The summed E-state index contributed by atoms with van der Waals surface area (Å²) in [4.78, 5) is 15.5. The lowest BCUT2D eigenvalue weighted by Gasteiger charge is -2.20. The summed E-state index contributed by atoms with van der Waals surface area (Å²) < 4.78 is 31.1. The minimum absolute atomic E-state index is 0.000839. The fourth-order valence-electron chi connectivity index (χ4n) is 1.81. The number of rotatable bonds is 4. The van der Waals surface area contributed by atoms with Crippen molar-refractivity contribution in [1.29, 1.82) is 0 Å². The Kier molecular flexibility index (Phi) is 4.23. The van der Waals surface area contributed by atoms with E-state index in [1.54, 1.807) is 24.3 Å². The molecule has 1 aromatic heterocycles. The average Bonchev–Trinajstić information content (AvgIpc) is 2.54. The molecular formula is C14H14N2O4S. The number of hydrogen-bond donors (Lipinski definition) is 0. The molecule has 0 atom stereocenters. The van der Waals surface area contributed by atoms with E-state index in [4.69, 9.17) is 0 Å². The monoisotopic (exact) mass is 306 g/mol. The van der Waals surface area contributed by atoms with Gasteiger partial charge in [-0.2, -0.15) is 0 Å². The highest BCUT2D eigenvalue weighted by molar-refractivity contribution is 7.92. The van der Waals surface area contributed by atoms with Crippen LogP contribution >= 0.6 is 0 Å². The number of aromatic nitrogens is 1. The second-order valence-electron chi connectivity index (χ2n) is 4.17. The number of benzene rings is 1. The highest BCUT2D eigenvalue weighted by Gasteiger charge is 2.27. The number of carbonyl (C=O) groups is 1. The largest absolute Gasteiger partial charge is 0.465 e. The highest BCUT2D eigenvalue weighted by Crippen LogP contribution is 2.24. The lowest BCUT2D eigenvalue weighted by atomic mass is 10.2. The van der Waals surface area contributed by atoms with E-state index in [9.17, 15) is 13.2 Å². The summed E-state index contributed by atoms with van der Waals surface area (Å²) in [6, 6.07) is 9.06. The van der Waals surface area contributed by atoms with Gasteiger partial charge >= 0.3 is 5.97 Å². The van der Waals surface area contributed by atoms with Crippen LogP contribution in [0.3, 0.4) is 0 Å². The van der Waals surface area contributed by atoms with Crippen molar-refractivity contribution in [1.82, 2.24) is 4.98 Å². The smallest absolute Gasteiger partial charge is 0.339 e. The summed E-state index contributed by atoms with van der Waals surface area (Å²) in [7, 11) is -1.25. The maximum absolute atomic E-state index is 12.7. The van der Waals surface area contributed by atoms with Crippen molar-refractivity contribution in [3.8, 4) is 0 Å². The third-order valence-corrected chi connectivity index (χ3v) is 4.80. The van der Waals surface area contributed by atoms with Gasteiger partial charge in [0.15, 0.2) is 0 Å². The van der Waals surface area contributed by atoms with Crippen molar-refractivity contribution >= 4 is 21.7 Å². The highest BCUT2D eigenvalue weighted by atomic mass is 32.2. The number of sulfonamides is 1. The molecule has 0 aliphatic carbocycles. The third kappa shape index (κ3) is 2.87. The fourth-order valence-corrected chi connectivity index (χ4v) is 3.18. The number of anilines is 1. The standard InChI is InChI=1S/C14H14N2O4S/c1-16(11-7-9-15-10-8-11)21(18,19)13-6-4-3-5-12(13)14(17)20-2/h3-10H,1-2H3. The van der Waals surface area contributed by atoms with E-state index in [0.29, 0.717) is 5.69 Å². The van der Waals surface area contributed by atoms with Crippen molar-refractivity contribution in [3.05, 3.63) is 54.4 Å². The first-order valence-electron chi connectivity index (χ1n) is 6.05. The zero-order valence-electron chi connectivity index (χ0n) is 11.6. The van der Waals surface area contributed by atoms with Crippen LogP contribution in [0.4, 0.5) is 5.69 Å². The van der Waals surface area contributed by atoms with Gasteiger partial charge in [-0.15, -0.1) is 0 Å². The third-order valence-electron chi connectivity index (χ3n) is 2.96. The molecule has 110 valence electrons. The lowest BCUT2D eigenvalue weighted by Crippen LogP contribution is -2.28. The molecule has 0 saturated carbocycles. The van der Waals surface area contributed by atoms with Gasteiger partial charge in [-0.3, -0.25) is 9.29 Å². The van der Waals surface area contributed by atoms with E-state index < -0.39 is 16.0 Å². The SMILES string of the molecule is COC(=O)c1ccccc1S(=O)(=O)N(C)c1ccncc1. The maximum atomic E-state index is 12.7. The Morgan fingerprint density at radius 2 is 1.76 bits per heavy atom. The average molecular weight is 306 g/mol. The molecule has 0 aliphatic heterocycles. The van der Waals surface area contributed by atoms with Gasteiger partial charge in [-0.25, -0.2) is 13.2 Å². The normalized spacial score (nSPS) is 11.0. The van der Waals surface area contributed by atoms with E-state index in [1.807, 2.05) is 0 Å². The fraction of sp³-hybridized carbons (Fsp3) is 0.143. The Bertz CT molecular complexity index is 745. The minimum Gasteiger partial charge on any atom is -0.465 e. The van der Waals surface area contributed by atoms with Gasteiger partial charge in [-0.1, -0.05) is 12.1 Å². The summed E-state index contributed by atoms with van der Waals surface area (Å²) in [5.41, 5.74) is 0.450. The minimum atomic E-state index is -3.87. The van der Waals surface area contributed by atoms with Crippen LogP contribution in [0.2, 0.25) is 0 Å². The molecule has 7 heteroatoms. The molecule has 21 heavy (non-hydrogen) atoms. The summed E-state index contributed by atoms with van der Waals surface area (Å²) in [6.45, 7) is 0. The molecule has 0 saturated heterocycles. The number of nitrogens with zero attached hydrogens (tertiary/aromatic N) is 2. The van der Waals surface area contributed by atoms with Crippen molar-refractivity contribution < 1.29 is 17.9 Å². The zero-order chi connectivity index (χ0) is 15.5. The molecular weight excluding hydrogens is 292 g/mol. The summed E-state index contributed by atoms with van der Waals surface area (Å²) >= 11 is 0. The number of esters is 1. The lowest BCUT2D eigenvalue weighted by molar-refractivity contribution is 0.0596. The van der Waals surface area contributed by atoms with Crippen LogP contribution in [0.1, 0.15) is 10.4 Å². The first-order valence-corrected chi connectivity index (χ1v) is 7.49. The first-order chi connectivity index (χ1) is 9.98. The quantitative estimate of drug-likeness (QED) is 0.803. The van der Waals surface area contributed by atoms with Crippen molar-refractivity contribution in [2.45, 2.75) is 4.90 Å². The van der Waals surface area contributed by atoms with Crippen LogP contribution < -0.4 is 4.31 Å². The summed E-state index contributed by atoms with van der Waals surface area (Å²) in [5, 5.41) is 0. The molecule has 1 aromatic carbocycles. The number of pyridine rings is 1. The molecule has 1 heterocycles. The molecule has 0 spiro atoms. The Balaban J connectivity index is 2.53. The van der Waals surface area contributed by atoms with E-state index in [2.05, 4.69) is 9.72 Å². The molecule has 0 bridgehead atoms. The Morgan fingerprint density at radius 3 is 2.38 bits per heavy atom. The number of carbonyl (C=O) groups excluding carboxylic acids is 1. The van der Waals surface area contributed by atoms with Crippen LogP contribution in [0.25, 0.3) is 0 Å².